The van der Waals surface area contributed by atoms with Crippen molar-refractivity contribution in [3.63, 3.8) is 0 Å². The van der Waals surface area contributed by atoms with Crippen molar-refractivity contribution in [2.45, 2.75) is 4.90 Å². The first-order chi connectivity index (χ1) is 12.2. The Kier molecular flexibility index (Phi) is 5.83. The number of halogens is 2. The molecule has 0 atom stereocenters. The number of benzene rings is 2. The Morgan fingerprint density at radius 1 is 1.04 bits per heavy atom. The van der Waals surface area contributed by atoms with Gasteiger partial charge in [-0.3, -0.25) is 4.72 Å². The monoisotopic (exact) mass is 401 g/mol. The summed E-state index contributed by atoms with van der Waals surface area (Å²) in [6.45, 7) is 0. The minimum atomic E-state index is -4.33. The molecule has 10 heteroatoms. The van der Waals surface area contributed by atoms with Crippen molar-refractivity contribution in [2.24, 2.45) is 0 Å². The summed E-state index contributed by atoms with van der Waals surface area (Å²) >= 11 is 5.63. The average Bonchev–Trinajstić information content (AvgIpc) is 2.62. The zero-order chi connectivity index (χ0) is 19.5. The van der Waals surface area contributed by atoms with Gasteiger partial charge in [-0.1, -0.05) is 11.6 Å². The van der Waals surface area contributed by atoms with Gasteiger partial charge in [0.05, 0.1) is 36.1 Å². The van der Waals surface area contributed by atoms with Gasteiger partial charge in [-0.15, -0.1) is 0 Å². The normalized spacial score (nSPS) is 10.9. The summed E-state index contributed by atoms with van der Waals surface area (Å²) in [6, 6.07) is 6.53. The van der Waals surface area contributed by atoms with Crippen LogP contribution in [0.25, 0.3) is 0 Å². The fourth-order valence-corrected chi connectivity index (χ4v) is 3.49. The summed E-state index contributed by atoms with van der Waals surface area (Å²) in [6.07, 6.45) is 0. The van der Waals surface area contributed by atoms with Gasteiger partial charge in [0.15, 0.2) is 0 Å². The molecule has 0 aliphatic carbocycles. The standard InChI is InChI=1S/C16H13ClFNO6S/c1-24-15(20)9-3-5-11(16(21)25-2)14(7-9)26(22,23)19-10-4-6-13(18)12(17)8-10/h3-8,19H,1-2H3. The lowest BCUT2D eigenvalue weighted by Gasteiger charge is -2.13. The van der Waals surface area contributed by atoms with E-state index in [2.05, 4.69) is 14.2 Å². The van der Waals surface area contributed by atoms with Crippen LogP contribution in [0.5, 0.6) is 0 Å². The van der Waals surface area contributed by atoms with E-state index in [0.29, 0.717) is 0 Å². The van der Waals surface area contributed by atoms with Crippen LogP contribution in [0.15, 0.2) is 41.3 Å². The van der Waals surface area contributed by atoms with E-state index in [1.54, 1.807) is 0 Å². The molecule has 0 fully saturated rings. The van der Waals surface area contributed by atoms with E-state index in [4.69, 9.17) is 11.6 Å². The third-order valence-electron chi connectivity index (χ3n) is 3.27. The van der Waals surface area contributed by atoms with Crippen molar-refractivity contribution in [1.82, 2.24) is 0 Å². The summed E-state index contributed by atoms with van der Waals surface area (Å²) in [5.74, 6) is -2.43. The predicted octanol–water partition coefficient (Wildman–Crippen LogP) is 2.85. The van der Waals surface area contributed by atoms with Gasteiger partial charge in [0.1, 0.15) is 10.7 Å². The van der Waals surface area contributed by atoms with E-state index >= 15 is 0 Å². The summed E-state index contributed by atoms with van der Waals surface area (Å²) in [5, 5.41) is -0.290. The van der Waals surface area contributed by atoms with Crippen LogP contribution in [-0.2, 0) is 19.5 Å². The molecule has 0 aliphatic heterocycles. The second kappa shape index (κ2) is 7.71. The minimum Gasteiger partial charge on any atom is -0.465 e. The number of anilines is 1. The maximum absolute atomic E-state index is 13.2. The molecular formula is C16H13ClFNO6S. The molecular weight excluding hydrogens is 389 g/mol. The van der Waals surface area contributed by atoms with Crippen LogP contribution in [0.4, 0.5) is 10.1 Å². The van der Waals surface area contributed by atoms with Crippen molar-refractivity contribution in [3.05, 3.63) is 58.4 Å². The molecule has 1 N–H and O–H groups in total. The number of esters is 2. The molecule has 0 saturated heterocycles. The fraction of sp³-hybridized carbons (Fsp3) is 0.125. The Bertz CT molecular complexity index is 977. The van der Waals surface area contributed by atoms with Crippen LogP contribution in [0, 0.1) is 5.82 Å². The Morgan fingerprint density at radius 3 is 2.27 bits per heavy atom. The SMILES string of the molecule is COC(=O)c1ccc(C(=O)OC)c(S(=O)(=O)Nc2ccc(F)c(Cl)c2)c1. The molecule has 2 aromatic carbocycles. The van der Waals surface area contributed by atoms with Gasteiger partial charge >= 0.3 is 11.9 Å². The van der Waals surface area contributed by atoms with Gasteiger partial charge in [0.2, 0.25) is 0 Å². The first-order valence-electron chi connectivity index (χ1n) is 6.98. The topological polar surface area (TPSA) is 98.8 Å². The van der Waals surface area contributed by atoms with Gasteiger partial charge in [-0.05, 0) is 36.4 Å². The van der Waals surface area contributed by atoms with Crippen LogP contribution in [0.2, 0.25) is 5.02 Å². The Labute approximate surface area is 153 Å². The molecule has 0 bridgehead atoms. The first kappa shape index (κ1) is 19.7. The summed E-state index contributed by atoms with van der Waals surface area (Å²) in [7, 11) is -2.12. The second-order valence-corrected chi connectivity index (χ2v) is 6.99. The second-order valence-electron chi connectivity index (χ2n) is 4.93. The van der Waals surface area contributed by atoms with Crippen LogP contribution < -0.4 is 4.72 Å². The third-order valence-corrected chi connectivity index (χ3v) is 4.98. The van der Waals surface area contributed by atoms with E-state index in [1.807, 2.05) is 0 Å². The van der Waals surface area contributed by atoms with Crippen molar-refractivity contribution in [1.29, 1.82) is 0 Å². The van der Waals surface area contributed by atoms with Crippen molar-refractivity contribution in [3.8, 4) is 0 Å². The molecule has 2 aromatic rings. The maximum atomic E-state index is 13.2. The van der Waals surface area contributed by atoms with Gasteiger partial charge < -0.3 is 9.47 Å². The smallest absolute Gasteiger partial charge is 0.339 e. The van der Waals surface area contributed by atoms with Gasteiger partial charge in [0.25, 0.3) is 10.0 Å². The lowest BCUT2D eigenvalue weighted by Crippen LogP contribution is -2.19. The molecule has 26 heavy (non-hydrogen) atoms. The van der Waals surface area contributed by atoms with Crippen molar-refractivity contribution in [2.75, 3.05) is 18.9 Å². The fourth-order valence-electron chi connectivity index (χ4n) is 2.04. The molecule has 138 valence electrons. The average molecular weight is 402 g/mol. The lowest BCUT2D eigenvalue weighted by molar-refractivity contribution is 0.0583. The molecule has 0 heterocycles. The first-order valence-corrected chi connectivity index (χ1v) is 8.84. The van der Waals surface area contributed by atoms with Gasteiger partial charge in [-0.2, -0.15) is 0 Å². The maximum Gasteiger partial charge on any atom is 0.339 e. The molecule has 0 unspecified atom stereocenters. The molecule has 0 aliphatic rings. The highest BCUT2D eigenvalue weighted by Gasteiger charge is 2.25. The third kappa shape index (κ3) is 4.12. The van der Waals surface area contributed by atoms with Crippen LogP contribution in [-0.4, -0.2) is 34.6 Å². The summed E-state index contributed by atoms with van der Waals surface area (Å²) in [4.78, 5) is 23.0. The number of hydrogen-bond donors (Lipinski definition) is 1. The van der Waals surface area contributed by atoms with E-state index in [1.165, 1.54) is 6.07 Å². The van der Waals surface area contributed by atoms with Crippen molar-refractivity contribution < 1.29 is 31.9 Å². The number of ether oxygens (including phenoxy) is 2. The highest BCUT2D eigenvalue weighted by Crippen LogP contribution is 2.25. The number of carbonyl (C=O) groups excluding carboxylic acids is 2. The van der Waals surface area contributed by atoms with Crippen LogP contribution in [0.3, 0.4) is 0 Å². The van der Waals surface area contributed by atoms with E-state index < -0.39 is 32.7 Å². The molecule has 2 rings (SSSR count). The largest absolute Gasteiger partial charge is 0.465 e. The predicted molar refractivity (Wildman–Crippen MR) is 91.3 cm³/mol. The molecule has 0 spiro atoms. The number of carbonyl (C=O) groups is 2. The Hall–Kier alpha value is -2.65. The molecule has 0 aromatic heterocycles. The minimum absolute atomic E-state index is 0.0318. The lowest BCUT2D eigenvalue weighted by atomic mass is 10.1. The highest BCUT2D eigenvalue weighted by molar-refractivity contribution is 7.92. The van der Waals surface area contributed by atoms with Gasteiger partial charge in [-0.25, -0.2) is 22.4 Å². The quantitative estimate of drug-likeness (QED) is 0.773. The highest BCUT2D eigenvalue weighted by atomic mass is 35.5. The zero-order valence-corrected chi connectivity index (χ0v) is 15.2. The van der Waals surface area contributed by atoms with E-state index in [9.17, 15) is 22.4 Å². The molecule has 0 amide bonds. The number of nitrogens with one attached hydrogen (secondary N) is 1. The Balaban J connectivity index is 2.56. The van der Waals surface area contributed by atoms with Crippen LogP contribution in [0.1, 0.15) is 20.7 Å². The Morgan fingerprint density at radius 2 is 1.69 bits per heavy atom. The number of sulfonamides is 1. The van der Waals surface area contributed by atoms with Gasteiger partial charge in [0, 0.05) is 0 Å². The summed E-state index contributed by atoms with van der Waals surface area (Å²) in [5.41, 5.74) is -0.408. The van der Waals surface area contributed by atoms with E-state index in [-0.39, 0.29) is 21.8 Å². The zero-order valence-electron chi connectivity index (χ0n) is 13.6. The number of hydrogen-bond acceptors (Lipinski definition) is 6. The summed E-state index contributed by atoms with van der Waals surface area (Å²) < 4.78 is 49.9. The van der Waals surface area contributed by atoms with Crippen molar-refractivity contribution >= 4 is 39.3 Å². The van der Waals surface area contributed by atoms with Crippen LogP contribution >= 0.6 is 11.6 Å². The molecule has 7 nitrogen and oxygen atoms in total. The number of rotatable bonds is 5. The number of methoxy groups -OCH3 is 2. The molecule has 0 saturated carbocycles. The van der Waals surface area contributed by atoms with E-state index in [0.717, 1.165) is 44.6 Å². The molecule has 0 radical (unpaired) electrons.